The molecule has 0 unspecified atom stereocenters. The summed E-state index contributed by atoms with van der Waals surface area (Å²) in [6.07, 6.45) is 0.330. The van der Waals surface area contributed by atoms with Crippen molar-refractivity contribution in [1.29, 1.82) is 0 Å². The van der Waals surface area contributed by atoms with Crippen LogP contribution in [-0.2, 0) is 14.2 Å². The molecule has 0 aliphatic carbocycles. The summed E-state index contributed by atoms with van der Waals surface area (Å²) in [6.45, 7) is 16.5. The molecule has 0 aromatic rings. The van der Waals surface area contributed by atoms with Crippen molar-refractivity contribution in [3.63, 3.8) is 0 Å². The van der Waals surface area contributed by atoms with Gasteiger partial charge in [-0.3, -0.25) is 4.90 Å². The van der Waals surface area contributed by atoms with Gasteiger partial charge in [-0.1, -0.05) is 0 Å². The molecule has 0 aromatic carbocycles. The van der Waals surface area contributed by atoms with Gasteiger partial charge in [0, 0.05) is 12.1 Å². The molecule has 8 nitrogen and oxygen atoms in total. The maximum atomic E-state index is 12.6. The Hall–Kier alpha value is -1.80. The first-order valence-electron chi connectivity index (χ1n) is 9.67. The minimum atomic E-state index is -1.09. The zero-order valence-corrected chi connectivity index (χ0v) is 18.6. The summed E-state index contributed by atoms with van der Waals surface area (Å²) in [7, 11) is 0. The van der Waals surface area contributed by atoms with E-state index in [1.165, 1.54) is 11.0 Å². The van der Waals surface area contributed by atoms with Gasteiger partial charge in [0.05, 0.1) is 25.0 Å². The maximum Gasteiger partial charge on any atom is 0.415 e. The van der Waals surface area contributed by atoms with Gasteiger partial charge in [-0.15, -0.1) is 0 Å². The van der Waals surface area contributed by atoms with E-state index in [-0.39, 0.29) is 18.7 Å². The summed E-state index contributed by atoms with van der Waals surface area (Å²) < 4.78 is 16.3. The lowest BCUT2D eigenvalue weighted by molar-refractivity contribution is -0.0661. The summed E-state index contributed by atoms with van der Waals surface area (Å²) >= 11 is 0. The van der Waals surface area contributed by atoms with E-state index in [0.29, 0.717) is 0 Å². The molecule has 1 aliphatic rings. The van der Waals surface area contributed by atoms with Crippen LogP contribution in [0.2, 0.25) is 0 Å². The summed E-state index contributed by atoms with van der Waals surface area (Å²) in [4.78, 5) is 27.8. The van der Waals surface area contributed by atoms with Crippen molar-refractivity contribution in [3.8, 4) is 0 Å². The smallest absolute Gasteiger partial charge is 0.415 e. The molecular formula is C20H36N2O6. The summed E-state index contributed by atoms with van der Waals surface area (Å²) in [5.74, 6) is 0. The zero-order valence-electron chi connectivity index (χ0n) is 18.6. The van der Waals surface area contributed by atoms with Crippen LogP contribution in [0.4, 0.5) is 9.59 Å². The number of amides is 2. The third kappa shape index (κ3) is 6.38. The molecule has 0 bridgehead atoms. The molecule has 1 heterocycles. The van der Waals surface area contributed by atoms with Gasteiger partial charge in [-0.2, -0.15) is 0 Å². The van der Waals surface area contributed by atoms with E-state index in [0.717, 1.165) is 6.26 Å². The highest BCUT2D eigenvalue weighted by atomic mass is 16.6. The van der Waals surface area contributed by atoms with Crippen LogP contribution in [0.5, 0.6) is 0 Å². The van der Waals surface area contributed by atoms with Gasteiger partial charge in [-0.05, 0) is 68.4 Å². The fraction of sp³-hybridized carbons (Fsp3) is 0.800. The van der Waals surface area contributed by atoms with Crippen LogP contribution in [-0.4, -0.2) is 69.3 Å². The van der Waals surface area contributed by atoms with Gasteiger partial charge in [0.15, 0.2) is 0 Å². The Morgan fingerprint density at radius 3 is 2.21 bits per heavy atom. The van der Waals surface area contributed by atoms with Gasteiger partial charge in [0.25, 0.3) is 0 Å². The van der Waals surface area contributed by atoms with Crippen LogP contribution in [0.1, 0.15) is 62.3 Å². The Balaban J connectivity index is 2.83. The van der Waals surface area contributed by atoms with Crippen molar-refractivity contribution in [1.82, 2.24) is 9.80 Å². The molecule has 0 radical (unpaired) electrons. The second kappa shape index (κ2) is 9.13. The second-order valence-electron chi connectivity index (χ2n) is 8.97. The van der Waals surface area contributed by atoms with Crippen molar-refractivity contribution < 1.29 is 28.9 Å². The standard InChI is InChI=1S/C20H36N2O6/c1-13(2)21(14(3)4)17(24)26-11-10-16(23)15-12-27-20(8,9)22(15)18(25)28-19(5,6)7/h10-11,13-16,23H,12H2,1-9H3/b11-10-/t15-,16+/m0/s1. The molecule has 1 aliphatic heterocycles. The zero-order chi connectivity index (χ0) is 21.9. The number of aliphatic hydroxyl groups is 1. The predicted molar refractivity (Wildman–Crippen MR) is 106 cm³/mol. The number of rotatable bonds is 5. The van der Waals surface area contributed by atoms with Crippen molar-refractivity contribution >= 4 is 12.2 Å². The van der Waals surface area contributed by atoms with Crippen LogP contribution in [0.15, 0.2) is 12.3 Å². The lowest BCUT2D eigenvalue weighted by atomic mass is 10.1. The number of nitrogens with zero attached hydrogens (tertiary/aromatic N) is 2. The maximum absolute atomic E-state index is 12.6. The monoisotopic (exact) mass is 400 g/mol. The third-order valence-electron chi connectivity index (χ3n) is 4.27. The Bertz CT molecular complexity index is 572. The van der Waals surface area contributed by atoms with Gasteiger partial charge < -0.3 is 24.2 Å². The number of hydrogen-bond donors (Lipinski definition) is 1. The molecule has 28 heavy (non-hydrogen) atoms. The fourth-order valence-corrected chi connectivity index (χ4v) is 3.14. The largest absolute Gasteiger partial charge is 0.444 e. The van der Waals surface area contributed by atoms with Crippen LogP contribution in [0, 0.1) is 0 Å². The molecule has 2 amide bonds. The molecular weight excluding hydrogens is 364 g/mol. The summed E-state index contributed by atoms with van der Waals surface area (Å²) in [6, 6.07) is -0.693. The van der Waals surface area contributed by atoms with Gasteiger partial charge in [-0.25, -0.2) is 9.59 Å². The third-order valence-corrected chi connectivity index (χ3v) is 4.27. The van der Waals surface area contributed by atoms with Crippen LogP contribution in [0.25, 0.3) is 0 Å². The minimum Gasteiger partial charge on any atom is -0.444 e. The second-order valence-corrected chi connectivity index (χ2v) is 8.97. The molecule has 0 aromatic heterocycles. The molecule has 2 atom stereocenters. The van der Waals surface area contributed by atoms with Gasteiger partial charge in [0.2, 0.25) is 0 Å². The highest BCUT2D eigenvalue weighted by Crippen LogP contribution is 2.31. The van der Waals surface area contributed by atoms with Crippen molar-refractivity contribution in [2.45, 2.75) is 97.9 Å². The van der Waals surface area contributed by atoms with E-state index < -0.39 is 35.7 Å². The molecule has 1 fully saturated rings. The van der Waals surface area contributed by atoms with E-state index in [2.05, 4.69) is 0 Å². The van der Waals surface area contributed by atoms with Crippen molar-refractivity contribution in [2.75, 3.05) is 6.61 Å². The molecule has 0 spiro atoms. The molecule has 162 valence electrons. The van der Waals surface area contributed by atoms with Crippen LogP contribution >= 0.6 is 0 Å². The van der Waals surface area contributed by atoms with Gasteiger partial charge in [0.1, 0.15) is 11.3 Å². The SMILES string of the molecule is CC(C)N(C(=O)O/C=C\[C@@H](O)[C@@H]1COC(C)(C)N1C(=O)OC(C)(C)C)C(C)C. The Morgan fingerprint density at radius 1 is 1.21 bits per heavy atom. The molecule has 0 saturated carbocycles. The number of carbonyl (C=O) groups is 2. The Morgan fingerprint density at radius 2 is 1.75 bits per heavy atom. The average Bonchev–Trinajstić information content (AvgIpc) is 2.80. The molecule has 8 heteroatoms. The van der Waals surface area contributed by atoms with Crippen LogP contribution in [0.3, 0.4) is 0 Å². The first kappa shape index (κ1) is 24.2. The number of ether oxygens (including phenoxy) is 3. The van der Waals surface area contributed by atoms with E-state index in [9.17, 15) is 14.7 Å². The lowest BCUT2D eigenvalue weighted by Crippen LogP contribution is -2.53. The fourth-order valence-electron chi connectivity index (χ4n) is 3.14. The van der Waals surface area contributed by atoms with E-state index in [1.54, 1.807) is 39.5 Å². The number of aliphatic hydroxyl groups excluding tert-OH is 1. The highest BCUT2D eigenvalue weighted by Gasteiger charge is 2.47. The minimum absolute atomic E-state index is 0.0162. The highest BCUT2D eigenvalue weighted by molar-refractivity contribution is 5.70. The normalized spacial score (nSPS) is 20.7. The number of carbonyl (C=O) groups excluding carboxylic acids is 2. The summed E-state index contributed by atoms with van der Waals surface area (Å²) in [5.41, 5.74) is -1.60. The molecule has 1 saturated heterocycles. The average molecular weight is 401 g/mol. The molecule has 1 rings (SSSR count). The summed E-state index contributed by atoms with van der Waals surface area (Å²) in [5, 5.41) is 10.5. The van der Waals surface area contributed by atoms with E-state index >= 15 is 0 Å². The number of hydrogen-bond acceptors (Lipinski definition) is 6. The first-order valence-corrected chi connectivity index (χ1v) is 9.67. The Labute approximate surface area is 168 Å². The topological polar surface area (TPSA) is 88.5 Å². The van der Waals surface area contributed by atoms with E-state index in [1.807, 2.05) is 27.7 Å². The van der Waals surface area contributed by atoms with Crippen molar-refractivity contribution in [3.05, 3.63) is 12.3 Å². The van der Waals surface area contributed by atoms with E-state index in [4.69, 9.17) is 14.2 Å². The molecule has 1 N–H and O–H groups in total. The predicted octanol–water partition coefficient (Wildman–Crippen LogP) is 3.49. The van der Waals surface area contributed by atoms with Gasteiger partial charge >= 0.3 is 12.2 Å². The Kier molecular flexibility index (Phi) is 7.91. The van der Waals surface area contributed by atoms with Crippen LogP contribution < -0.4 is 0 Å². The lowest BCUT2D eigenvalue weighted by Gasteiger charge is -2.36. The van der Waals surface area contributed by atoms with Crippen molar-refractivity contribution in [2.24, 2.45) is 0 Å². The quantitative estimate of drug-likeness (QED) is 0.711. The first-order chi connectivity index (χ1) is 12.7.